The van der Waals surface area contributed by atoms with Gasteiger partial charge in [0.05, 0.1) is 22.6 Å². The second kappa shape index (κ2) is 8.53. The van der Waals surface area contributed by atoms with Crippen molar-refractivity contribution in [3.05, 3.63) is 67.5 Å². The van der Waals surface area contributed by atoms with E-state index >= 15 is 0 Å². The number of aromatic nitrogens is 2. The summed E-state index contributed by atoms with van der Waals surface area (Å²) >= 11 is 1.98. The maximum atomic E-state index is 12.2. The van der Waals surface area contributed by atoms with Crippen molar-refractivity contribution in [2.24, 2.45) is 5.10 Å². The quantitative estimate of drug-likeness (QED) is 0.289. The number of ether oxygens (including phenoxy) is 1. The van der Waals surface area contributed by atoms with Crippen LogP contribution < -0.4 is 15.7 Å². The number of phenols is 1. The monoisotopic (exact) mass is 487 g/mol. The Morgan fingerprint density at radius 1 is 1.32 bits per heavy atom. The fourth-order valence-electron chi connectivity index (χ4n) is 2.42. The zero-order valence-corrected chi connectivity index (χ0v) is 16.8. The number of phenolic OH excluding ortho intramolecular Hbond substituents is 1. The van der Waals surface area contributed by atoms with Crippen molar-refractivity contribution in [1.82, 2.24) is 9.97 Å². The summed E-state index contributed by atoms with van der Waals surface area (Å²) in [6, 6.07) is 14.2. The summed E-state index contributed by atoms with van der Waals surface area (Å²) in [7, 11) is 1.47. The molecular weight excluding hydrogens is 473 g/mol. The van der Waals surface area contributed by atoms with E-state index in [1.807, 2.05) is 34.7 Å². The van der Waals surface area contributed by atoms with Gasteiger partial charge in [0.1, 0.15) is 11.6 Å². The topological polar surface area (TPSA) is 123 Å². The lowest BCUT2D eigenvalue weighted by Gasteiger charge is -2.07. The summed E-state index contributed by atoms with van der Waals surface area (Å²) in [5, 5.41) is 23.4. The molecule has 28 heavy (non-hydrogen) atoms. The lowest BCUT2D eigenvalue weighted by atomic mass is 10.1. The molecule has 1 aromatic heterocycles. The van der Waals surface area contributed by atoms with Gasteiger partial charge in [0.25, 0.3) is 5.56 Å². The fraction of sp³-hybridized carbons (Fsp3) is 0.0526. The van der Waals surface area contributed by atoms with Crippen LogP contribution in [-0.2, 0) is 0 Å². The summed E-state index contributed by atoms with van der Waals surface area (Å²) in [4.78, 5) is 19.0. The van der Waals surface area contributed by atoms with Crippen molar-refractivity contribution >= 4 is 34.8 Å². The van der Waals surface area contributed by atoms with E-state index in [4.69, 9.17) is 4.74 Å². The number of benzene rings is 2. The van der Waals surface area contributed by atoms with Crippen LogP contribution in [0, 0.1) is 14.9 Å². The van der Waals surface area contributed by atoms with Crippen LogP contribution >= 0.6 is 22.6 Å². The van der Waals surface area contributed by atoms with Gasteiger partial charge in [-0.2, -0.15) is 10.4 Å². The molecule has 0 aliphatic rings. The first-order valence-electron chi connectivity index (χ1n) is 7.99. The molecule has 0 saturated carbocycles. The van der Waals surface area contributed by atoms with Gasteiger partial charge in [-0.3, -0.25) is 9.78 Å². The van der Waals surface area contributed by atoms with Gasteiger partial charge in [-0.15, -0.1) is 0 Å². The Hall–Kier alpha value is -3.39. The van der Waals surface area contributed by atoms with Crippen LogP contribution in [0.5, 0.6) is 11.5 Å². The molecule has 0 atom stereocenters. The van der Waals surface area contributed by atoms with Crippen molar-refractivity contribution < 1.29 is 9.84 Å². The van der Waals surface area contributed by atoms with Crippen molar-refractivity contribution in [3.8, 4) is 28.8 Å². The minimum atomic E-state index is -0.564. The van der Waals surface area contributed by atoms with E-state index in [0.717, 1.165) is 0 Å². The van der Waals surface area contributed by atoms with Crippen LogP contribution in [0.25, 0.3) is 11.3 Å². The number of hydrogen-bond donors (Lipinski definition) is 3. The summed E-state index contributed by atoms with van der Waals surface area (Å²) in [5.41, 5.74) is 3.56. The maximum absolute atomic E-state index is 12.2. The number of hydrazone groups is 1. The molecular formula is C19H14IN5O3. The molecule has 2 aromatic carbocycles. The standard InChI is InChI=1S/C19H14IN5O3/c1-28-14-8-7-12(15(20)17(14)26)10-22-25-19-23-16(11-5-3-2-4-6-11)13(9-21)18(27)24-19/h2-8,10,26H,1H3,(H2,23,24,25,27). The van der Waals surface area contributed by atoms with E-state index < -0.39 is 5.56 Å². The first-order chi connectivity index (χ1) is 13.5. The Balaban J connectivity index is 1.91. The third-order valence-electron chi connectivity index (χ3n) is 3.78. The number of H-pyrrole nitrogens is 1. The third-order valence-corrected chi connectivity index (χ3v) is 4.92. The zero-order valence-electron chi connectivity index (χ0n) is 14.6. The number of aromatic amines is 1. The van der Waals surface area contributed by atoms with Gasteiger partial charge in [0.2, 0.25) is 5.95 Å². The van der Waals surface area contributed by atoms with Gasteiger partial charge in [0, 0.05) is 11.1 Å². The van der Waals surface area contributed by atoms with Crippen LogP contribution in [0.3, 0.4) is 0 Å². The summed E-state index contributed by atoms with van der Waals surface area (Å²) in [5.74, 6) is 0.468. The van der Waals surface area contributed by atoms with E-state index in [1.54, 1.807) is 36.4 Å². The number of anilines is 1. The average molecular weight is 487 g/mol. The van der Waals surface area contributed by atoms with Gasteiger partial charge < -0.3 is 9.84 Å². The van der Waals surface area contributed by atoms with Crippen molar-refractivity contribution in [2.75, 3.05) is 12.5 Å². The van der Waals surface area contributed by atoms with Gasteiger partial charge in [0.15, 0.2) is 11.5 Å². The van der Waals surface area contributed by atoms with E-state index in [2.05, 4.69) is 20.5 Å². The molecule has 0 bridgehead atoms. The van der Waals surface area contributed by atoms with Gasteiger partial charge in [-0.1, -0.05) is 30.3 Å². The molecule has 9 heteroatoms. The predicted molar refractivity (Wildman–Crippen MR) is 114 cm³/mol. The van der Waals surface area contributed by atoms with E-state index in [1.165, 1.54) is 13.3 Å². The van der Waals surface area contributed by atoms with Crippen LogP contribution in [0.4, 0.5) is 5.95 Å². The molecule has 0 spiro atoms. The van der Waals surface area contributed by atoms with Gasteiger partial charge >= 0.3 is 0 Å². The van der Waals surface area contributed by atoms with Gasteiger partial charge in [-0.25, -0.2) is 10.4 Å². The van der Waals surface area contributed by atoms with Crippen LogP contribution in [0.1, 0.15) is 11.1 Å². The number of hydrogen-bond acceptors (Lipinski definition) is 7. The molecule has 0 aliphatic carbocycles. The number of nitrogens with one attached hydrogen (secondary N) is 2. The molecule has 3 rings (SSSR count). The number of nitriles is 1. The van der Waals surface area contributed by atoms with Crippen LogP contribution in [0.2, 0.25) is 0 Å². The highest BCUT2D eigenvalue weighted by molar-refractivity contribution is 14.1. The average Bonchev–Trinajstić information content (AvgIpc) is 2.71. The van der Waals surface area contributed by atoms with Crippen molar-refractivity contribution in [2.45, 2.75) is 0 Å². The second-order valence-corrected chi connectivity index (χ2v) is 6.58. The summed E-state index contributed by atoms with van der Waals surface area (Å²) in [6.07, 6.45) is 1.47. The number of aromatic hydroxyl groups is 1. The maximum Gasteiger partial charge on any atom is 0.270 e. The molecule has 0 fully saturated rings. The largest absolute Gasteiger partial charge is 0.504 e. The highest BCUT2D eigenvalue weighted by atomic mass is 127. The Morgan fingerprint density at radius 2 is 2.07 bits per heavy atom. The van der Waals surface area contributed by atoms with E-state index in [0.29, 0.717) is 20.4 Å². The highest BCUT2D eigenvalue weighted by Crippen LogP contribution is 2.32. The molecule has 0 amide bonds. The molecule has 0 aliphatic heterocycles. The smallest absolute Gasteiger partial charge is 0.270 e. The highest BCUT2D eigenvalue weighted by Gasteiger charge is 2.13. The lowest BCUT2D eigenvalue weighted by Crippen LogP contribution is -2.16. The second-order valence-electron chi connectivity index (χ2n) is 5.51. The minimum Gasteiger partial charge on any atom is -0.504 e. The Kier molecular flexibility index (Phi) is 5.90. The fourth-order valence-corrected chi connectivity index (χ4v) is 3.01. The van der Waals surface area contributed by atoms with Gasteiger partial charge in [-0.05, 0) is 34.7 Å². The number of rotatable bonds is 5. The van der Waals surface area contributed by atoms with E-state index in [-0.39, 0.29) is 23.0 Å². The minimum absolute atomic E-state index is 0.0170. The SMILES string of the molecule is COc1ccc(C=NNc2nc(-c3ccccc3)c(C#N)c(=O)[nH]2)c(I)c1O. The molecule has 8 nitrogen and oxygen atoms in total. The first-order valence-corrected chi connectivity index (χ1v) is 9.07. The molecule has 3 N–H and O–H groups in total. The predicted octanol–water partition coefficient (Wildman–Crippen LogP) is 3.07. The van der Waals surface area contributed by atoms with Crippen molar-refractivity contribution in [3.63, 3.8) is 0 Å². The zero-order chi connectivity index (χ0) is 20.1. The molecule has 0 unspecified atom stereocenters. The Morgan fingerprint density at radius 3 is 2.75 bits per heavy atom. The first kappa shape index (κ1) is 19.4. The normalized spacial score (nSPS) is 10.6. The molecule has 0 radical (unpaired) electrons. The number of halogens is 1. The Labute approximate surface area is 173 Å². The van der Waals surface area contributed by atoms with Crippen LogP contribution in [-0.4, -0.2) is 28.4 Å². The van der Waals surface area contributed by atoms with E-state index in [9.17, 15) is 15.2 Å². The molecule has 0 saturated heterocycles. The molecule has 140 valence electrons. The molecule has 1 heterocycles. The number of methoxy groups -OCH3 is 1. The Bertz CT molecular complexity index is 1140. The van der Waals surface area contributed by atoms with Crippen LogP contribution in [0.15, 0.2) is 52.4 Å². The lowest BCUT2D eigenvalue weighted by molar-refractivity contribution is 0.371. The summed E-state index contributed by atoms with van der Waals surface area (Å²) in [6.45, 7) is 0. The summed E-state index contributed by atoms with van der Waals surface area (Å²) < 4.78 is 5.62. The third kappa shape index (κ3) is 3.96. The van der Waals surface area contributed by atoms with Crippen molar-refractivity contribution in [1.29, 1.82) is 5.26 Å². The molecule has 3 aromatic rings. The number of nitrogens with zero attached hydrogens (tertiary/aromatic N) is 3.